The summed E-state index contributed by atoms with van der Waals surface area (Å²) in [6.45, 7) is 0. The molecular formula is C26H24ClN5O2. The van der Waals surface area contributed by atoms with Gasteiger partial charge in [0.25, 0.3) is 5.91 Å². The van der Waals surface area contributed by atoms with Gasteiger partial charge in [-0.2, -0.15) is 4.98 Å². The van der Waals surface area contributed by atoms with Crippen LogP contribution in [0.25, 0.3) is 0 Å². The van der Waals surface area contributed by atoms with Crippen molar-refractivity contribution in [1.29, 1.82) is 0 Å². The summed E-state index contributed by atoms with van der Waals surface area (Å²) >= 11 is 6.36. The molecule has 6 bridgehead atoms. The lowest BCUT2D eigenvalue weighted by Gasteiger charge is -2.20. The van der Waals surface area contributed by atoms with Crippen LogP contribution in [0.3, 0.4) is 0 Å². The van der Waals surface area contributed by atoms with Gasteiger partial charge in [-0.25, -0.2) is 4.98 Å². The maximum absolute atomic E-state index is 13.1. The summed E-state index contributed by atoms with van der Waals surface area (Å²) in [6.07, 6.45) is 10.5. The highest BCUT2D eigenvalue weighted by Crippen LogP contribution is 2.32. The summed E-state index contributed by atoms with van der Waals surface area (Å²) in [5, 5.41) is 10.1. The van der Waals surface area contributed by atoms with Gasteiger partial charge in [0.15, 0.2) is 5.82 Å². The number of aromatic nitrogens is 2. The van der Waals surface area contributed by atoms with Crippen molar-refractivity contribution in [1.82, 2.24) is 9.97 Å². The SMILES string of the molecule is COc1ccccc1C(=O)Nc1ccc2cc1CCC1C=CC=C(C1)Nc1ncc(Cl)c(n1)N2. The predicted molar refractivity (Wildman–Crippen MR) is 135 cm³/mol. The molecule has 2 aromatic carbocycles. The Labute approximate surface area is 202 Å². The summed E-state index contributed by atoms with van der Waals surface area (Å²) in [7, 11) is 1.56. The molecule has 0 fully saturated rings. The van der Waals surface area contributed by atoms with Gasteiger partial charge < -0.3 is 20.7 Å². The van der Waals surface area contributed by atoms with E-state index < -0.39 is 0 Å². The highest BCUT2D eigenvalue weighted by Gasteiger charge is 2.18. The van der Waals surface area contributed by atoms with Crippen molar-refractivity contribution in [3.63, 3.8) is 0 Å². The number of para-hydroxylation sites is 1. The summed E-state index contributed by atoms with van der Waals surface area (Å²) in [5.41, 5.74) is 4.15. The van der Waals surface area contributed by atoms with E-state index >= 15 is 0 Å². The minimum atomic E-state index is -0.215. The second-order valence-corrected chi connectivity index (χ2v) is 8.65. The third-order valence-electron chi connectivity index (χ3n) is 5.93. The highest BCUT2D eigenvalue weighted by molar-refractivity contribution is 6.32. The van der Waals surface area contributed by atoms with Gasteiger partial charge in [0.05, 0.1) is 18.9 Å². The molecule has 3 aromatic rings. The molecule has 2 aliphatic rings. The minimum absolute atomic E-state index is 0.215. The Morgan fingerprint density at radius 3 is 2.97 bits per heavy atom. The zero-order chi connectivity index (χ0) is 23.5. The van der Waals surface area contributed by atoms with Gasteiger partial charge in [-0.05, 0) is 67.2 Å². The second-order valence-electron chi connectivity index (χ2n) is 8.25. The first kappa shape index (κ1) is 22.0. The van der Waals surface area contributed by atoms with Crippen LogP contribution < -0.4 is 20.7 Å². The van der Waals surface area contributed by atoms with E-state index in [1.165, 1.54) is 0 Å². The quantitative estimate of drug-likeness (QED) is 0.435. The molecule has 1 aromatic heterocycles. The number of nitrogens with zero attached hydrogens (tertiary/aromatic N) is 2. The lowest BCUT2D eigenvalue weighted by Crippen LogP contribution is -2.15. The molecule has 1 unspecified atom stereocenters. The number of anilines is 4. The molecule has 2 heterocycles. The van der Waals surface area contributed by atoms with E-state index in [2.05, 4.69) is 38.1 Å². The first-order chi connectivity index (χ1) is 16.6. The van der Waals surface area contributed by atoms with Crippen molar-refractivity contribution in [2.45, 2.75) is 19.3 Å². The zero-order valence-electron chi connectivity index (χ0n) is 18.6. The lowest BCUT2D eigenvalue weighted by atomic mass is 9.91. The number of ether oxygens (including phenoxy) is 1. The Hall–Kier alpha value is -3.84. The highest BCUT2D eigenvalue weighted by atomic mass is 35.5. The topological polar surface area (TPSA) is 88.2 Å². The fraction of sp³-hybridized carbons (Fsp3) is 0.192. The van der Waals surface area contributed by atoms with Crippen molar-refractivity contribution in [3.8, 4) is 5.75 Å². The van der Waals surface area contributed by atoms with E-state index in [1.807, 2.05) is 36.4 Å². The monoisotopic (exact) mass is 473 g/mol. The van der Waals surface area contributed by atoms with Crippen molar-refractivity contribution in [2.75, 3.05) is 23.1 Å². The largest absolute Gasteiger partial charge is 0.496 e. The molecule has 1 amide bonds. The first-order valence-corrected chi connectivity index (χ1v) is 11.5. The number of amides is 1. The number of halogens is 1. The molecule has 7 nitrogen and oxygen atoms in total. The van der Waals surface area contributed by atoms with Crippen LogP contribution in [-0.2, 0) is 6.42 Å². The Balaban J connectivity index is 1.49. The van der Waals surface area contributed by atoms with Crippen molar-refractivity contribution < 1.29 is 9.53 Å². The molecule has 0 saturated carbocycles. The number of carbonyl (C=O) groups excluding carboxylic acids is 1. The predicted octanol–water partition coefficient (Wildman–Crippen LogP) is 5.95. The third-order valence-corrected chi connectivity index (χ3v) is 6.21. The van der Waals surface area contributed by atoms with E-state index in [4.69, 9.17) is 16.3 Å². The van der Waals surface area contributed by atoms with Crippen LogP contribution in [0.1, 0.15) is 28.8 Å². The van der Waals surface area contributed by atoms with Gasteiger partial charge in [-0.15, -0.1) is 0 Å². The fourth-order valence-corrected chi connectivity index (χ4v) is 4.34. The van der Waals surface area contributed by atoms with E-state index in [0.717, 1.165) is 41.9 Å². The van der Waals surface area contributed by atoms with Crippen LogP contribution in [0, 0.1) is 5.92 Å². The molecule has 0 radical (unpaired) electrons. The Morgan fingerprint density at radius 2 is 2.09 bits per heavy atom. The number of nitrogens with one attached hydrogen (secondary N) is 3. The lowest BCUT2D eigenvalue weighted by molar-refractivity contribution is 0.102. The average molecular weight is 474 g/mol. The number of aryl methyl sites for hydroxylation is 1. The van der Waals surface area contributed by atoms with E-state index in [-0.39, 0.29) is 5.91 Å². The summed E-state index contributed by atoms with van der Waals surface area (Å²) in [4.78, 5) is 21.9. The number of methoxy groups -OCH3 is 1. The zero-order valence-corrected chi connectivity index (χ0v) is 19.4. The van der Waals surface area contributed by atoms with Crippen LogP contribution >= 0.6 is 11.6 Å². The number of hydrogen-bond donors (Lipinski definition) is 3. The molecule has 5 rings (SSSR count). The summed E-state index contributed by atoms with van der Waals surface area (Å²) in [6, 6.07) is 13.0. The molecule has 34 heavy (non-hydrogen) atoms. The maximum Gasteiger partial charge on any atom is 0.259 e. The number of benzene rings is 2. The molecule has 1 aliphatic carbocycles. The van der Waals surface area contributed by atoms with Gasteiger partial charge in [-0.3, -0.25) is 4.79 Å². The third kappa shape index (κ3) is 4.75. The molecule has 3 N–H and O–H groups in total. The van der Waals surface area contributed by atoms with Crippen molar-refractivity contribution in [2.24, 2.45) is 5.92 Å². The van der Waals surface area contributed by atoms with Gasteiger partial charge in [0, 0.05) is 17.1 Å². The van der Waals surface area contributed by atoms with Crippen LogP contribution in [0.5, 0.6) is 5.75 Å². The molecule has 0 spiro atoms. The van der Waals surface area contributed by atoms with Gasteiger partial charge >= 0.3 is 0 Å². The number of allylic oxidation sites excluding steroid dienone is 4. The van der Waals surface area contributed by atoms with E-state index in [9.17, 15) is 4.79 Å². The fourth-order valence-electron chi connectivity index (χ4n) is 4.20. The Morgan fingerprint density at radius 1 is 1.21 bits per heavy atom. The Kier molecular flexibility index (Phi) is 6.18. The van der Waals surface area contributed by atoms with Crippen LogP contribution in [0.2, 0.25) is 5.02 Å². The normalized spacial score (nSPS) is 16.5. The molecule has 0 saturated heterocycles. The molecule has 1 atom stereocenters. The van der Waals surface area contributed by atoms with Crippen molar-refractivity contribution >= 4 is 40.6 Å². The van der Waals surface area contributed by atoms with Gasteiger partial charge in [-0.1, -0.05) is 35.9 Å². The molecule has 1 aliphatic heterocycles. The van der Waals surface area contributed by atoms with Crippen LogP contribution in [0.4, 0.5) is 23.1 Å². The van der Waals surface area contributed by atoms with E-state index in [0.29, 0.717) is 34.0 Å². The average Bonchev–Trinajstić information content (AvgIpc) is 2.86. The maximum atomic E-state index is 13.1. The standard InChI is InChI=1S/C26H24ClN5O2/c1-34-23-8-3-2-7-20(23)25(33)31-22-12-11-19-14-17(22)10-9-16-5-4-6-18(13-16)30-26-28-15-21(27)24(29-19)32-26/h2-8,11-12,14-16H,9-10,13H2,1H3,(H,31,33)(H2,28,29,30,32). The number of rotatable bonds is 3. The van der Waals surface area contributed by atoms with E-state index in [1.54, 1.807) is 25.4 Å². The molecule has 172 valence electrons. The smallest absolute Gasteiger partial charge is 0.259 e. The number of carbonyl (C=O) groups is 1. The minimum Gasteiger partial charge on any atom is -0.496 e. The Bertz CT molecular complexity index is 1300. The van der Waals surface area contributed by atoms with Crippen molar-refractivity contribution in [3.05, 3.63) is 88.7 Å². The molecule has 8 heteroatoms. The van der Waals surface area contributed by atoms with Crippen LogP contribution in [0.15, 0.2) is 72.6 Å². The van der Waals surface area contributed by atoms with Crippen LogP contribution in [-0.4, -0.2) is 23.0 Å². The van der Waals surface area contributed by atoms with Gasteiger partial charge in [0.1, 0.15) is 10.8 Å². The molecular weight excluding hydrogens is 450 g/mol. The summed E-state index contributed by atoms with van der Waals surface area (Å²) < 4.78 is 5.36. The first-order valence-electron chi connectivity index (χ1n) is 11.1. The number of hydrogen-bond acceptors (Lipinski definition) is 6. The number of fused-ring (bicyclic) bond motifs is 6. The second kappa shape index (κ2) is 9.57. The summed E-state index contributed by atoms with van der Waals surface area (Å²) in [5.74, 6) is 1.68. The van der Waals surface area contributed by atoms with Gasteiger partial charge in [0.2, 0.25) is 5.95 Å².